The zero-order chi connectivity index (χ0) is 11.9. The Bertz CT molecular complexity index is 245. The molecule has 2 heterocycles. The van der Waals surface area contributed by atoms with Crippen LogP contribution in [0.4, 0.5) is 0 Å². The van der Waals surface area contributed by atoms with Crippen molar-refractivity contribution in [1.29, 1.82) is 5.26 Å². The largest absolute Gasteiger partial charge is 0.303 e. The summed E-state index contributed by atoms with van der Waals surface area (Å²) in [5.74, 6) is 0.931. The molecule has 3 nitrogen and oxygen atoms in total. The number of piperidine rings is 1. The number of unbranched alkanes of at least 4 members (excludes halogenated alkanes) is 1. The first-order chi connectivity index (χ1) is 8.38. The molecule has 0 saturated carbocycles. The van der Waals surface area contributed by atoms with E-state index in [-0.39, 0.29) is 0 Å². The van der Waals surface area contributed by atoms with E-state index in [1.807, 2.05) is 0 Å². The van der Waals surface area contributed by atoms with Crippen molar-refractivity contribution in [1.82, 2.24) is 9.80 Å². The molecule has 0 amide bonds. The van der Waals surface area contributed by atoms with Gasteiger partial charge in [0.05, 0.1) is 6.07 Å². The van der Waals surface area contributed by atoms with Gasteiger partial charge in [-0.25, -0.2) is 0 Å². The highest BCUT2D eigenvalue weighted by Crippen LogP contribution is 2.20. The normalized spacial score (nSPS) is 23.9. The number of hydrogen-bond acceptors (Lipinski definition) is 3. The number of hydrogen-bond donors (Lipinski definition) is 0. The Kier molecular flexibility index (Phi) is 5.28. The zero-order valence-electron chi connectivity index (χ0n) is 10.9. The quantitative estimate of drug-likeness (QED) is 0.684. The molecule has 3 heteroatoms. The summed E-state index contributed by atoms with van der Waals surface area (Å²) in [5.41, 5.74) is 0. The van der Waals surface area contributed by atoms with Crippen LogP contribution in [0, 0.1) is 17.2 Å². The molecule has 0 radical (unpaired) electrons. The maximum absolute atomic E-state index is 8.52. The van der Waals surface area contributed by atoms with Gasteiger partial charge in [0.1, 0.15) is 0 Å². The molecule has 0 aromatic rings. The average Bonchev–Trinajstić information content (AvgIpc) is 2.85. The summed E-state index contributed by atoms with van der Waals surface area (Å²) in [7, 11) is 0. The number of nitriles is 1. The van der Waals surface area contributed by atoms with Gasteiger partial charge < -0.3 is 9.80 Å². The van der Waals surface area contributed by atoms with E-state index < -0.39 is 0 Å². The Labute approximate surface area is 105 Å². The molecule has 0 aromatic heterocycles. The van der Waals surface area contributed by atoms with Gasteiger partial charge in [-0.15, -0.1) is 0 Å². The smallest absolute Gasteiger partial charge is 0.0622 e. The van der Waals surface area contributed by atoms with Crippen molar-refractivity contribution in [3.63, 3.8) is 0 Å². The minimum Gasteiger partial charge on any atom is -0.303 e. The summed E-state index contributed by atoms with van der Waals surface area (Å²) < 4.78 is 0. The maximum atomic E-state index is 8.52. The molecule has 0 bridgehead atoms. The molecule has 0 aromatic carbocycles. The summed E-state index contributed by atoms with van der Waals surface area (Å²) in [4.78, 5) is 5.19. The van der Waals surface area contributed by atoms with Crippen LogP contribution in [0.5, 0.6) is 0 Å². The van der Waals surface area contributed by atoms with Crippen LogP contribution in [0.25, 0.3) is 0 Å². The SMILES string of the molecule is N#CCCCN1CCC(CN2CCCC2)CC1. The summed E-state index contributed by atoms with van der Waals surface area (Å²) in [6.45, 7) is 7.65. The van der Waals surface area contributed by atoms with Gasteiger partial charge in [0.25, 0.3) is 0 Å². The molecule has 2 aliphatic rings. The lowest BCUT2D eigenvalue weighted by Crippen LogP contribution is -2.38. The lowest BCUT2D eigenvalue weighted by molar-refractivity contribution is 0.153. The van der Waals surface area contributed by atoms with Crippen LogP contribution in [-0.2, 0) is 0 Å². The second kappa shape index (κ2) is 6.98. The van der Waals surface area contributed by atoms with Crippen molar-refractivity contribution in [3.05, 3.63) is 0 Å². The lowest BCUT2D eigenvalue weighted by Gasteiger charge is -2.33. The standard InChI is InChI=1S/C14H25N3/c15-7-1-2-8-16-11-5-14(6-12-16)13-17-9-3-4-10-17/h14H,1-6,8-13H2. The third-order valence-corrected chi connectivity index (χ3v) is 4.19. The van der Waals surface area contributed by atoms with E-state index in [4.69, 9.17) is 5.26 Å². The van der Waals surface area contributed by atoms with Gasteiger partial charge in [0.2, 0.25) is 0 Å². The van der Waals surface area contributed by atoms with Gasteiger partial charge >= 0.3 is 0 Å². The molecule has 17 heavy (non-hydrogen) atoms. The summed E-state index contributed by atoms with van der Waals surface area (Å²) in [6.07, 6.45) is 7.31. The Balaban J connectivity index is 1.59. The molecular formula is C14H25N3. The summed E-state index contributed by atoms with van der Waals surface area (Å²) in [5, 5.41) is 8.52. The van der Waals surface area contributed by atoms with E-state index in [0.717, 1.165) is 18.9 Å². The average molecular weight is 235 g/mol. The predicted octanol–water partition coefficient (Wildman–Crippen LogP) is 2.10. The monoisotopic (exact) mass is 235 g/mol. The van der Waals surface area contributed by atoms with E-state index in [9.17, 15) is 0 Å². The van der Waals surface area contributed by atoms with Gasteiger partial charge in [0.15, 0.2) is 0 Å². The molecule has 96 valence electrons. The molecule has 0 spiro atoms. The molecule has 2 fully saturated rings. The van der Waals surface area contributed by atoms with Crippen molar-refractivity contribution in [2.24, 2.45) is 5.92 Å². The van der Waals surface area contributed by atoms with Crippen LogP contribution in [0.15, 0.2) is 0 Å². The van der Waals surface area contributed by atoms with Crippen LogP contribution in [0.3, 0.4) is 0 Å². The fourth-order valence-electron chi connectivity index (χ4n) is 3.10. The van der Waals surface area contributed by atoms with E-state index in [2.05, 4.69) is 15.9 Å². The lowest BCUT2D eigenvalue weighted by atomic mass is 9.96. The molecule has 0 atom stereocenters. The molecule has 0 unspecified atom stereocenters. The van der Waals surface area contributed by atoms with Gasteiger partial charge in [0, 0.05) is 13.0 Å². The van der Waals surface area contributed by atoms with Gasteiger partial charge in [-0.1, -0.05) is 0 Å². The fraction of sp³-hybridized carbons (Fsp3) is 0.929. The van der Waals surface area contributed by atoms with E-state index in [1.54, 1.807) is 0 Å². The van der Waals surface area contributed by atoms with Gasteiger partial charge in [-0.2, -0.15) is 5.26 Å². The highest BCUT2D eigenvalue weighted by atomic mass is 15.2. The van der Waals surface area contributed by atoms with Gasteiger partial charge in [-0.3, -0.25) is 0 Å². The first-order valence-corrected chi connectivity index (χ1v) is 7.20. The zero-order valence-corrected chi connectivity index (χ0v) is 10.9. The molecule has 2 saturated heterocycles. The number of nitrogens with zero attached hydrogens (tertiary/aromatic N) is 3. The van der Waals surface area contributed by atoms with Crippen molar-refractivity contribution < 1.29 is 0 Å². The molecule has 2 aliphatic heterocycles. The number of rotatable bonds is 5. The number of likely N-dealkylation sites (tertiary alicyclic amines) is 2. The summed E-state index contributed by atoms with van der Waals surface area (Å²) in [6, 6.07) is 2.23. The summed E-state index contributed by atoms with van der Waals surface area (Å²) >= 11 is 0. The highest BCUT2D eigenvalue weighted by Gasteiger charge is 2.22. The van der Waals surface area contributed by atoms with Crippen molar-refractivity contribution in [3.8, 4) is 6.07 Å². The first-order valence-electron chi connectivity index (χ1n) is 7.20. The maximum Gasteiger partial charge on any atom is 0.0622 e. The van der Waals surface area contributed by atoms with Crippen molar-refractivity contribution >= 4 is 0 Å². The Hall–Kier alpha value is -0.590. The van der Waals surface area contributed by atoms with Crippen LogP contribution in [0.2, 0.25) is 0 Å². The topological polar surface area (TPSA) is 30.3 Å². The van der Waals surface area contributed by atoms with Crippen LogP contribution >= 0.6 is 0 Å². The Morgan fingerprint density at radius 2 is 1.71 bits per heavy atom. The van der Waals surface area contributed by atoms with Crippen molar-refractivity contribution in [2.75, 3.05) is 39.3 Å². The second-order valence-corrected chi connectivity index (χ2v) is 5.55. The van der Waals surface area contributed by atoms with Crippen LogP contribution in [0.1, 0.15) is 38.5 Å². The Morgan fingerprint density at radius 1 is 1.00 bits per heavy atom. The molecular weight excluding hydrogens is 210 g/mol. The fourth-order valence-corrected chi connectivity index (χ4v) is 3.10. The van der Waals surface area contributed by atoms with Gasteiger partial charge in [-0.05, 0) is 70.7 Å². The minimum atomic E-state index is 0.716. The van der Waals surface area contributed by atoms with E-state index >= 15 is 0 Å². The highest BCUT2D eigenvalue weighted by molar-refractivity contribution is 4.78. The third kappa shape index (κ3) is 4.29. The third-order valence-electron chi connectivity index (χ3n) is 4.19. The van der Waals surface area contributed by atoms with Crippen LogP contribution in [-0.4, -0.2) is 49.1 Å². The molecule has 0 aliphatic carbocycles. The second-order valence-electron chi connectivity index (χ2n) is 5.55. The minimum absolute atomic E-state index is 0.716. The van der Waals surface area contributed by atoms with Crippen LogP contribution < -0.4 is 0 Å². The molecule has 0 N–H and O–H groups in total. The van der Waals surface area contributed by atoms with Crippen molar-refractivity contribution in [2.45, 2.75) is 38.5 Å². The predicted molar refractivity (Wildman–Crippen MR) is 69.7 cm³/mol. The molecule has 2 rings (SSSR count). The van der Waals surface area contributed by atoms with E-state index in [0.29, 0.717) is 6.42 Å². The van der Waals surface area contributed by atoms with E-state index in [1.165, 1.54) is 58.4 Å². The first kappa shape index (κ1) is 12.9. The Morgan fingerprint density at radius 3 is 2.35 bits per heavy atom.